The van der Waals surface area contributed by atoms with Crippen LogP contribution in [0.3, 0.4) is 0 Å². The van der Waals surface area contributed by atoms with E-state index >= 15 is 0 Å². The molecule has 1 unspecified atom stereocenters. The third-order valence-corrected chi connectivity index (χ3v) is 3.60. The molecule has 0 aromatic carbocycles. The van der Waals surface area contributed by atoms with Crippen molar-refractivity contribution in [3.05, 3.63) is 12.2 Å². The Bertz CT molecular complexity index is 166. The summed E-state index contributed by atoms with van der Waals surface area (Å²) in [4.78, 5) is 0. The van der Waals surface area contributed by atoms with E-state index < -0.39 is 0 Å². The number of hydrogen-bond acceptors (Lipinski definition) is 1. The summed E-state index contributed by atoms with van der Waals surface area (Å²) >= 11 is 0. The molecule has 0 aliphatic heterocycles. The predicted octanol–water partition coefficient (Wildman–Crippen LogP) is 5.48. The number of aliphatic hydroxyl groups is 1. The van der Waals surface area contributed by atoms with Crippen LogP contribution in [-0.4, -0.2) is 11.7 Å². The minimum Gasteiger partial charge on any atom is -0.396 e. The van der Waals surface area contributed by atoms with Crippen LogP contribution in [-0.2, 0) is 0 Å². The lowest BCUT2D eigenvalue weighted by Gasteiger charge is -2.13. The highest BCUT2D eigenvalue weighted by Crippen LogP contribution is 2.19. The first-order chi connectivity index (χ1) is 8.85. The van der Waals surface area contributed by atoms with Crippen LogP contribution in [0.1, 0.15) is 84.5 Å². The zero-order valence-corrected chi connectivity index (χ0v) is 12.7. The van der Waals surface area contributed by atoms with Crippen LogP contribution >= 0.6 is 0 Å². The van der Waals surface area contributed by atoms with Gasteiger partial charge in [0.25, 0.3) is 0 Å². The molecule has 0 aliphatic carbocycles. The van der Waals surface area contributed by atoms with Gasteiger partial charge in [0.05, 0.1) is 0 Å². The summed E-state index contributed by atoms with van der Waals surface area (Å²) in [5.74, 6) is 0.795. The average molecular weight is 254 g/mol. The van der Waals surface area contributed by atoms with Gasteiger partial charge >= 0.3 is 0 Å². The van der Waals surface area contributed by atoms with E-state index in [1.807, 2.05) is 0 Å². The summed E-state index contributed by atoms with van der Waals surface area (Å²) < 4.78 is 0. The highest BCUT2D eigenvalue weighted by atomic mass is 16.2. The monoisotopic (exact) mass is 254 g/mol. The third-order valence-electron chi connectivity index (χ3n) is 3.60. The highest BCUT2D eigenvalue weighted by molar-refractivity contribution is 4.84. The van der Waals surface area contributed by atoms with E-state index in [4.69, 9.17) is 5.11 Å². The molecule has 1 N–H and O–H groups in total. The molecule has 108 valence electrons. The van der Waals surface area contributed by atoms with Crippen molar-refractivity contribution >= 4 is 0 Å². The molecule has 18 heavy (non-hydrogen) atoms. The zero-order chi connectivity index (χ0) is 13.5. The Hall–Kier alpha value is -0.300. The molecule has 0 saturated heterocycles. The van der Waals surface area contributed by atoms with Gasteiger partial charge in [-0.15, -0.1) is 0 Å². The Morgan fingerprint density at radius 1 is 0.833 bits per heavy atom. The Morgan fingerprint density at radius 3 is 2.22 bits per heavy atom. The van der Waals surface area contributed by atoms with Gasteiger partial charge in [-0.25, -0.2) is 0 Å². The van der Waals surface area contributed by atoms with Gasteiger partial charge in [-0.2, -0.15) is 0 Å². The maximum atomic E-state index is 8.91. The van der Waals surface area contributed by atoms with E-state index in [0.717, 1.165) is 12.3 Å². The molecule has 0 heterocycles. The van der Waals surface area contributed by atoms with Crippen molar-refractivity contribution in [1.82, 2.24) is 0 Å². The fraction of sp³-hybridized carbons (Fsp3) is 0.882. The first-order valence-corrected chi connectivity index (χ1v) is 8.11. The van der Waals surface area contributed by atoms with Crippen molar-refractivity contribution in [2.45, 2.75) is 84.5 Å². The number of rotatable bonds is 13. The van der Waals surface area contributed by atoms with Crippen molar-refractivity contribution in [3.63, 3.8) is 0 Å². The van der Waals surface area contributed by atoms with Gasteiger partial charge < -0.3 is 5.11 Å². The molecule has 0 bridgehead atoms. The maximum Gasteiger partial charge on any atom is 0.0431 e. The Labute approximate surface area is 115 Å². The lowest BCUT2D eigenvalue weighted by atomic mass is 9.93. The van der Waals surface area contributed by atoms with Crippen LogP contribution in [0.4, 0.5) is 0 Å². The SMILES string of the molecule is CCCCCCC=CCC(CCCC)CCCO. The summed E-state index contributed by atoms with van der Waals surface area (Å²) in [5.41, 5.74) is 0. The van der Waals surface area contributed by atoms with Crippen molar-refractivity contribution < 1.29 is 5.11 Å². The Morgan fingerprint density at radius 2 is 1.56 bits per heavy atom. The summed E-state index contributed by atoms with van der Waals surface area (Å²) in [7, 11) is 0. The summed E-state index contributed by atoms with van der Waals surface area (Å²) in [6.07, 6.45) is 18.8. The predicted molar refractivity (Wildman–Crippen MR) is 81.9 cm³/mol. The summed E-state index contributed by atoms with van der Waals surface area (Å²) in [6.45, 7) is 4.87. The van der Waals surface area contributed by atoms with Crippen molar-refractivity contribution in [2.24, 2.45) is 5.92 Å². The van der Waals surface area contributed by atoms with Gasteiger partial charge in [0, 0.05) is 6.61 Å². The first kappa shape index (κ1) is 17.7. The Balaban J connectivity index is 3.61. The molecular formula is C17H34O. The molecule has 0 spiro atoms. The summed E-state index contributed by atoms with van der Waals surface area (Å²) in [6, 6.07) is 0. The molecule has 1 heteroatoms. The average Bonchev–Trinajstić information content (AvgIpc) is 2.40. The quantitative estimate of drug-likeness (QED) is 0.341. The standard InChI is InChI=1S/C17H34O/c1-3-5-7-8-9-10-11-14-17(13-6-4-2)15-12-16-18/h10-11,17-18H,3-9,12-16H2,1-2H3. The van der Waals surface area contributed by atoms with E-state index in [2.05, 4.69) is 26.0 Å². The van der Waals surface area contributed by atoms with E-state index in [-0.39, 0.29) is 0 Å². The number of aliphatic hydroxyl groups excluding tert-OH is 1. The van der Waals surface area contributed by atoms with Gasteiger partial charge in [-0.3, -0.25) is 0 Å². The first-order valence-electron chi connectivity index (χ1n) is 8.11. The lowest BCUT2D eigenvalue weighted by molar-refractivity contribution is 0.267. The topological polar surface area (TPSA) is 20.2 Å². The van der Waals surface area contributed by atoms with E-state index in [9.17, 15) is 0 Å². The number of hydrogen-bond donors (Lipinski definition) is 1. The van der Waals surface area contributed by atoms with E-state index in [0.29, 0.717) is 6.61 Å². The molecule has 0 amide bonds. The molecule has 0 aliphatic rings. The smallest absolute Gasteiger partial charge is 0.0431 e. The van der Waals surface area contributed by atoms with Crippen molar-refractivity contribution in [1.29, 1.82) is 0 Å². The van der Waals surface area contributed by atoms with Gasteiger partial charge in [0.1, 0.15) is 0 Å². The van der Waals surface area contributed by atoms with Crippen LogP contribution in [0.2, 0.25) is 0 Å². The molecule has 1 atom stereocenters. The van der Waals surface area contributed by atoms with Crippen LogP contribution in [0.15, 0.2) is 12.2 Å². The molecule has 0 fully saturated rings. The fourth-order valence-electron chi connectivity index (χ4n) is 2.35. The minimum absolute atomic E-state index is 0.351. The summed E-state index contributed by atoms with van der Waals surface area (Å²) in [5, 5.41) is 8.91. The van der Waals surface area contributed by atoms with E-state index in [1.54, 1.807) is 0 Å². The lowest BCUT2D eigenvalue weighted by Crippen LogP contribution is -2.00. The largest absolute Gasteiger partial charge is 0.396 e. The van der Waals surface area contributed by atoms with Crippen molar-refractivity contribution in [2.75, 3.05) is 6.61 Å². The molecular weight excluding hydrogens is 220 g/mol. The second kappa shape index (κ2) is 14.8. The van der Waals surface area contributed by atoms with Crippen LogP contribution in [0.25, 0.3) is 0 Å². The Kier molecular flexibility index (Phi) is 14.5. The van der Waals surface area contributed by atoms with Gasteiger partial charge in [0.15, 0.2) is 0 Å². The fourth-order valence-corrected chi connectivity index (χ4v) is 2.35. The molecule has 0 rings (SSSR count). The molecule has 0 aromatic heterocycles. The van der Waals surface area contributed by atoms with Crippen molar-refractivity contribution in [3.8, 4) is 0 Å². The minimum atomic E-state index is 0.351. The molecule has 1 nitrogen and oxygen atoms in total. The van der Waals surface area contributed by atoms with Crippen LogP contribution in [0.5, 0.6) is 0 Å². The number of unbranched alkanes of at least 4 members (excludes halogenated alkanes) is 5. The third kappa shape index (κ3) is 12.2. The second-order valence-electron chi connectivity index (χ2n) is 5.43. The van der Waals surface area contributed by atoms with Gasteiger partial charge in [-0.1, -0.05) is 64.5 Å². The zero-order valence-electron chi connectivity index (χ0n) is 12.7. The van der Waals surface area contributed by atoms with Crippen LogP contribution in [0, 0.1) is 5.92 Å². The number of allylic oxidation sites excluding steroid dienone is 2. The van der Waals surface area contributed by atoms with Gasteiger partial charge in [-0.05, 0) is 38.0 Å². The molecule has 0 radical (unpaired) electrons. The van der Waals surface area contributed by atoms with Gasteiger partial charge in [0.2, 0.25) is 0 Å². The van der Waals surface area contributed by atoms with E-state index in [1.165, 1.54) is 64.2 Å². The normalized spacial score (nSPS) is 13.3. The molecule has 0 aromatic rings. The van der Waals surface area contributed by atoms with Crippen LogP contribution < -0.4 is 0 Å². The second-order valence-corrected chi connectivity index (χ2v) is 5.43. The molecule has 0 saturated carbocycles. The maximum absolute atomic E-state index is 8.91. The highest BCUT2D eigenvalue weighted by Gasteiger charge is 2.05.